The minimum atomic E-state index is -3.84. The van der Waals surface area contributed by atoms with Gasteiger partial charge in [-0.1, -0.05) is 17.7 Å². The monoisotopic (exact) mass is 382 g/mol. The van der Waals surface area contributed by atoms with Crippen LogP contribution in [0.4, 0.5) is 5.69 Å². The summed E-state index contributed by atoms with van der Waals surface area (Å²) >= 11 is 5.76. The molecule has 2 rings (SSSR count). The molecule has 0 aliphatic carbocycles. The van der Waals surface area contributed by atoms with E-state index in [2.05, 4.69) is 10.0 Å². The smallest absolute Gasteiger partial charge is 0.242 e. The quantitative estimate of drug-likeness (QED) is 0.804. The molecule has 0 aromatic heterocycles. The number of nitrogens with one attached hydrogen (secondary N) is 2. The standard InChI is InChI=1S/C17H19ClN2O4S/c1-11-4-9-16(24-3)15(10-11)19-17(21)12(2)20-25(22,23)14-7-5-13(18)6-8-14/h4-10,12,20H,1-3H3,(H,19,21)/t12-/m0/s1. The highest BCUT2D eigenvalue weighted by atomic mass is 35.5. The Balaban J connectivity index is 2.12. The molecule has 0 heterocycles. The van der Waals surface area contributed by atoms with E-state index in [0.29, 0.717) is 16.5 Å². The molecule has 0 spiro atoms. The predicted octanol–water partition coefficient (Wildman–Crippen LogP) is 2.96. The second-order valence-electron chi connectivity index (χ2n) is 5.49. The maximum atomic E-state index is 12.3. The van der Waals surface area contributed by atoms with Gasteiger partial charge in [0.05, 0.1) is 23.7 Å². The number of halogens is 1. The van der Waals surface area contributed by atoms with Gasteiger partial charge in [-0.05, 0) is 55.8 Å². The number of methoxy groups -OCH3 is 1. The summed E-state index contributed by atoms with van der Waals surface area (Å²) in [6, 6.07) is 10.0. The number of sulfonamides is 1. The fourth-order valence-electron chi connectivity index (χ4n) is 2.13. The topological polar surface area (TPSA) is 84.5 Å². The number of carbonyl (C=O) groups is 1. The first-order valence-electron chi connectivity index (χ1n) is 7.46. The van der Waals surface area contributed by atoms with Crippen LogP contribution in [-0.2, 0) is 14.8 Å². The second-order valence-corrected chi connectivity index (χ2v) is 7.64. The van der Waals surface area contributed by atoms with E-state index in [0.717, 1.165) is 5.56 Å². The molecule has 2 N–H and O–H groups in total. The second kappa shape index (κ2) is 7.86. The minimum Gasteiger partial charge on any atom is -0.495 e. The number of aryl methyl sites for hydroxylation is 1. The van der Waals surface area contributed by atoms with E-state index in [-0.39, 0.29) is 4.90 Å². The summed E-state index contributed by atoms with van der Waals surface area (Å²) in [6.45, 7) is 3.34. The maximum Gasteiger partial charge on any atom is 0.242 e. The van der Waals surface area contributed by atoms with Crippen molar-refractivity contribution in [2.75, 3.05) is 12.4 Å². The fraction of sp³-hybridized carbons (Fsp3) is 0.235. The summed E-state index contributed by atoms with van der Waals surface area (Å²) in [5, 5.41) is 3.10. The summed E-state index contributed by atoms with van der Waals surface area (Å²) in [6.07, 6.45) is 0. The molecule has 0 radical (unpaired) electrons. The summed E-state index contributed by atoms with van der Waals surface area (Å²) in [5.41, 5.74) is 1.41. The maximum absolute atomic E-state index is 12.3. The van der Waals surface area contributed by atoms with Crippen LogP contribution in [0.1, 0.15) is 12.5 Å². The van der Waals surface area contributed by atoms with Crippen molar-refractivity contribution in [3.63, 3.8) is 0 Å². The molecule has 0 aliphatic heterocycles. The Hall–Kier alpha value is -2.09. The third-order valence-corrected chi connectivity index (χ3v) is 5.27. The normalized spacial score (nSPS) is 12.5. The Morgan fingerprint density at radius 1 is 1.16 bits per heavy atom. The molecule has 0 saturated heterocycles. The van der Waals surface area contributed by atoms with Gasteiger partial charge in [0.2, 0.25) is 15.9 Å². The zero-order chi connectivity index (χ0) is 18.6. The lowest BCUT2D eigenvalue weighted by atomic mass is 10.2. The van der Waals surface area contributed by atoms with Gasteiger partial charge < -0.3 is 10.1 Å². The SMILES string of the molecule is COc1ccc(C)cc1NC(=O)[C@H](C)NS(=O)(=O)c1ccc(Cl)cc1. The van der Waals surface area contributed by atoms with Gasteiger partial charge >= 0.3 is 0 Å². The molecule has 2 aromatic carbocycles. The van der Waals surface area contributed by atoms with Gasteiger partial charge in [0.25, 0.3) is 0 Å². The van der Waals surface area contributed by atoms with E-state index in [1.807, 2.05) is 13.0 Å². The highest BCUT2D eigenvalue weighted by Gasteiger charge is 2.22. The average Bonchev–Trinajstić information content (AvgIpc) is 2.55. The molecule has 1 atom stereocenters. The molecule has 2 aromatic rings. The van der Waals surface area contributed by atoms with Gasteiger partial charge in [-0.15, -0.1) is 0 Å². The van der Waals surface area contributed by atoms with Crippen molar-refractivity contribution in [2.24, 2.45) is 0 Å². The van der Waals surface area contributed by atoms with E-state index in [4.69, 9.17) is 16.3 Å². The van der Waals surface area contributed by atoms with Crippen LogP contribution in [0.5, 0.6) is 5.75 Å². The van der Waals surface area contributed by atoms with Gasteiger partial charge in [0.15, 0.2) is 0 Å². The molecule has 0 unspecified atom stereocenters. The van der Waals surface area contributed by atoms with Crippen LogP contribution in [0.15, 0.2) is 47.4 Å². The van der Waals surface area contributed by atoms with Gasteiger partial charge in [-0.3, -0.25) is 4.79 Å². The number of anilines is 1. The van der Waals surface area contributed by atoms with Crippen molar-refractivity contribution in [1.82, 2.24) is 4.72 Å². The largest absolute Gasteiger partial charge is 0.495 e. The zero-order valence-electron chi connectivity index (χ0n) is 14.0. The van der Waals surface area contributed by atoms with Crippen molar-refractivity contribution in [1.29, 1.82) is 0 Å². The molecule has 0 aliphatic rings. The number of hydrogen-bond donors (Lipinski definition) is 2. The lowest BCUT2D eigenvalue weighted by molar-refractivity contribution is -0.117. The van der Waals surface area contributed by atoms with E-state index >= 15 is 0 Å². The molecular formula is C17H19ClN2O4S. The molecule has 8 heteroatoms. The first-order chi connectivity index (χ1) is 11.7. The lowest BCUT2D eigenvalue weighted by Gasteiger charge is -2.16. The van der Waals surface area contributed by atoms with Crippen LogP contribution in [-0.4, -0.2) is 27.5 Å². The number of benzene rings is 2. The number of rotatable bonds is 6. The molecule has 0 saturated carbocycles. The van der Waals surface area contributed by atoms with Crippen LogP contribution < -0.4 is 14.8 Å². The first-order valence-corrected chi connectivity index (χ1v) is 9.32. The van der Waals surface area contributed by atoms with Crippen LogP contribution in [0.2, 0.25) is 5.02 Å². The number of ether oxygens (including phenoxy) is 1. The highest BCUT2D eigenvalue weighted by Crippen LogP contribution is 2.25. The third-order valence-electron chi connectivity index (χ3n) is 3.46. The Morgan fingerprint density at radius 2 is 1.80 bits per heavy atom. The van der Waals surface area contributed by atoms with E-state index in [1.165, 1.54) is 38.3 Å². The summed E-state index contributed by atoms with van der Waals surface area (Å²) in [5.74, 6) is -0.00635. The summed E-state index contributed by atoms with van der Waals surface area (Å²) < 4.78 is 32.2. The van der Waals surface area contributed by atoms with Crippen molar-refractivity contribution in [2.45, 2.75) is 24.8 Å². The Bertz CT molecular complexity index is 867. The van der Waals surface area contributed by atoms with Gasteiger partial charge in [-0.2, -0.15) is 4.72 Å². The van der Waals surface area contributed by atoms with Crippen molar-refractivity contribution < 1.29 is 17.9 Å². The number of carbonyl (C=O) groups excluding carboxylic acids is 1. The lowest BCUT2D eigenvalue weighted by Crippen LogP contribution is -2.41. The Morgan fingerprint density at radius 3 is 2.40 bits per heavy atom. The van der Waals surface area contributed by atoms with E-state index in [9.17, 15) is 13.2 Å². The first kappa shape index (κ1) is 19.2. The molecule has 0 fully saturated rings. The number of hydrogen-bond acceptors (Lipinski definition) is 4. The third kappa shape index (κ3) is 4.94. The Labute approximate surface area is 152 Å². The molecule has 0 bridgehead atoms. The van der Waals surface area contributed by atoms with Gasteiger partial charge in [0.1, 0.15) is 5.75 Å². The van der Waals surface area contributed by atoms with Crippen molar-refractivity contribution in [3.05, 3.63) is 53.1 Å². The Kier molecular flexibility index (Phi) is 6.05. The molecule has 25 heavy (non-hydrogen) atoms. The van der Waals surface area contributed by atoms with Crippen LogP contribution >= 0.6 is 11.6 Å². The number of amides is 1. The minimum absolute atomic E-state index is 0.0321. The zero-order valence-corrected chi connectivity index (χ0v) is 15.6. The van der Waals surface area contributed by atoms with E-state index < -0.39 is 22.0 Å². The van der Waals surface area contributed by atoms with Gasteiger partial charge in [-0.25, -0.2) is 8.42 Å². The molecule has 6 nitrogen and oxygen atoms in total. The van der Waals surface area contributed by atoms with Gasteiger partial charge in [0, 0.05) is 5.02 Å². The summed E-state index contributed by atoms with van der Waals surface area (Å²) in [4.78, 5) is 12.4. The van der Waals surface area contributed by atoms with Crippen molar-refractivity contribution >= 4 is 33.2 Å². The highest BCUT2D eigenvalue weighted by molar-refractivity contribution is 7.89. The molecule has 1 amide bonds. The predicted molar refractivity (Wildman–Crippen MR) is 97.6 cm³/mol. The average molecular weight is 383 g/mol. The summed E-state index contributed by atoms with van der Waals surface area (Å²) in [7, 11) is -2.35. The van der Waals surface area contributed by atoms with E-state index in [1.54, 1.807) is 12.1 Å². The fourth-order valence-corrected chi connectivity index (χ4v) is 3.46. The van der Waals surface area contributed by atoms with Crippen molar-refractivity contribution in [3.8, 4) is 5.75 Å². The molecular weight excluding hydrogens is 364 g/mol. The van der Waals surface area contributed by atoms with Crippen LogP contribution in [0.25, 0.3) is 0 Å². The van der Waals surface area contributed by atoms with Crippen LogP contribution in [0.3, 0.4) is 0 Å². The molecule has 134 valence electrons. The van der Waals surface area contributed by atoms with Crippen LogP contribution in [0, 0.1) is 6.92 Å².